The van der Waals surface area contributed by atoms with Crippen molar-refractivity contribution in [2.75, 3.05) is 0 Å². The third kappa shape index (κ3) is 4.22. The van der Waals surface area contributed by atoms with E-state index in [1.165, 1.54) is 6.07 Å². The van der Waals surface area contributed by atoms with E-state index in [1.54, 1.807) is 12.1 Å². The van der Waals surface area contributed by atoms with Crippen molar-refractivity contribution < 1.29 is 8.91 Å². The molecule has 3 aromatic carbocycles. The first-order valence-electron chi connectivity index (χ1n) is 11.0. The number of benzene rings is 3. The third-order valence-electron chi connectivity index (χ3n) is 5.95. The molecule has 1 aromatic heterocycles. The van der Waals surface area contributed by atoms with Crippen LogP contribution in [-0.2, 0) is 6.54 Å². The molecule has 1 N–H and O–H groups in total. The van der Waals surface area contributed by atoms with Crippen molar-refractivity contribution in [3.63, 3.8) is 0 Å². The van der Waals surface area contributed by atoms with E-state index < -0.39 is 0 Å². The molecule has 170 valence electrons. The summed E-state index contributed by atoms with van der Waals surface area (Å²) in [5.41, 5.74) is 5.20. The molecule has 0 saturated carbocycles. The molecule has 0 fully saturated rings. The summed E-state index contributed by atoms with van der Waals surface area (Å²) in [5.74, 6) is 0.639. The smallest absolute Gasteiger partial charge is 0.258 e. The molecule has 0 amide bonds. The molecule has 0 spiro atoms. The summed E-state index contributed by atoms with van der Waals surface area (Å²) in [5, 5.41) is 8.17. The number of aromatic nitrogens is 2. The van der Waals surface area contributed by atoms with Crippen molar-refractivity contribution in [3.05, 3.63) is 113 Å². The Morgan fingerprint density at radius 2 is 1.76 bits per heavy atom. The van der Waals surface area contributed by atoms with Gasteiger partial charge < -0.3 is 14.7 Å². The van der Waals surface area contributed by atoms with Crippen LogP contribution in [0.5, 0.6) is 0 Å². The van der Waals surface area contributed by atoms with Crippen LogP contribution in [0.4, 0.5) is 4.39 Å². The standard InChI is InChI=1S/C27H23FN4OS/c1-17-9-8-13-20(15-17)25-30-26(33-31-25)23-18(2)32(16-21-12-6-7-14-22(21)28)27(34)29-24(23)19-10-4-3-5-11-19/h3-15,24H,16H2,1-2H3,(H,29,34). The molecule has 1 aliphatic heterocycles. The highest BCUT2D eigenvalue weighted by atomic mass is 32.1. The van der Waals surface area contributed by atoms with Crippen molar-refractivity contribution in [2.24, 2.45) is 0 Å². The van der Waals surface area contributed by atoms with Gasteiger partial charge in [-0.1, -0.05) is 77.5 Å². The van der Waals surface area contributed by atoms with Gasteiger partial charge in [-0.15, -0.1) is 0 Å². The number of nitrogens with zero attached hydrogens (tertiary/aromatic N) is 3. The minimum absolute atomic E-state index is 0.274. The molecule has 5 rings (SSSR count). The number of allylic oxidation sites excluding steroid dienone is 1. The van der Waals surface area contributed by atoms with Crippen LogP contribution in [0.15, 0.2) is 89.1 Å². The molecule has 0 aliphatic carbocycles. The zero-order chi connectivity index (χ0) is 23.7. The fraction of sp³-hybridized carbons (Fsp3) is 0.148. The summed E-state index contributed by atoms with van der Waals surface area (Å²) in [7, 11) is 0. The summed E-state index contributed by atoms with van der Waals surface area (Å²) in [4.78, 5) is 6.61. The molecular formula is C27H23FN4OS. The van der Waals surface area contributed by atoms with Gasteiger partial charge in [0.2, 0.25) is 5.82 Å². The van der Waals surface area contributed by atoms with Crippen molar-refractivity contribution in [2.45, 2.75) is 26.4 Å². The number of nitrogens with one attached hydrogen (secondary N) is 1. The lowest BCUT2D eigenvalue weighted by Gasteiger charge is -2.37. The Morgan fingerprint density at radius 3 is 2.53 bits per heavy atom. The van der Waals surface area contributed by atoms with Gasteiger partial charge in [0.25, 0.3) is 5.89 Å². The maximum Gasteiger partial charge on any atom is 0.258 e. The molecule has 0 saturated heterocycles. The molecule has 0 bridgehead atoms. The maximum atomic E-state index is 14.4. The zero-order valence-corrected chi connectivity index (χ0v) is 19.6. The van der Waals surface area contributed by atoms with Crippen LogP contribution in [0, 0.1) is 12.7 Å². The highest BCUT2D eigenvalue weighted by Gasteiger charge is 2.34. The van der Waals surface area contributed by atoms with E-state index in [1.807, 2.05) is 79.4 Å². The summed E-state index contributed by atoms with van der Waals surface area (Å²) in [6.45, 7) is 4.26. The van der Waals surface area contributed by atoms with Gasteiger partial charge in [0.15, 0.2) is 5.11 Å². The van der Waals surface area contributed by atoms with Gasteiger partial charge in [0.1, 0.15) is 5.82 Å². The number of hydrogen-bond acceptors (Lipinski definition) is 4. The third-order valence-corrected chi connectivity index (χ3v) is 6.29. The Balaban J connectivity index is 1.61. The van der Waals surface area contributed by atoms with Crippen LogP contribution in [-0.4, -0.2) is 20.2 Å². The Hall–Kier alpha value is -3.84. The van der Waals surface area contributed by atoms with E-state index >= 15 is 0 Å². The Morgan fingerprint density at radius 1 is 1.00 bits per heavy atom. The predicted octanol–water partition coefficient (Wildman–Crippen LogP) is 6.05. The van der Waals surface area contributed by atoms with Crippen LogP contribution >= 0.6 is 12.2 Å². The highest BCUT2D eigenvalue weighted by Crippen LogP contribution is 2.38. The first-order valence-corrected chi connectivity index (χ1v) is 11.4. The van der Waals surface area contributed by atoms with Crippen LogP contribution in [0.3, 0.4) is 0 Å². The van der Waals surface area contributed by atoms with E-state index in [4.69, 9.17) is 21.7 Å². The minimum atomic E-state index is -0.281. The molecule has 4 aromatic rings. The van der Waals surface area contributed by atoms with Gasteiger partial charge in [0, 0.05) is 16.8 Å². The van der Waals surface area contributed by atoms with Crippen molar-refractivity contribution in [3.8, 4) is 11.4 Å². The lowest BCUT2D eigenvalue weighted by atomic mass is 9.94. The number of aryl methyl sites for hydroxylation is 1. The van der Waals surface area contributed by atoms with Crippen molar-refractivity contribution in [1.82, 2.24) is 20.4 Å². The van der Waals surface area contributed by atoms with Crippen LogP contribution < -0.4 is 5.32 Å². The average Bonchev–Trinajstić information content (AvgIpc) is 3.33. The number of halogens is 1. The number of thiocarbonyl (C=S) groups is 1. The fourth-order valence-corrected chi connectivity index (χ4v) is 4.49. The second-order valence-corrected chi connectivity index (χ2v) is 8.65. The Labute approximate surface area is 202 Å². The van der Waals surface area contributed by atoms with E-state index in [9.17, 15) is 4.39 Å². The van der Waals surface area contributed by atoms with Gasteiger partial charge in [-0.2, -0.15) is 4.98 Å². The predicted molar refractivity (Wildman–Crippen MR) is 134 cm³/mol. The summed E-state index contributed by atoms with van der Waals surface area (Å²) in [6, 6.07) is 24.4. The molecular weight excluding hydrogens is 447 g/mol. The largest absolute Gasteiger partial charge is 0.351 e. The average molecular weight is 471 g/mol. The van der Waals surface area contributed by atoms with Gasteiger partial charge in [0.05, 0.1) is 18.2 Å². The van der Waals surface area contributed by atoms with E-state index in [-0.39, 0.29) is 18.4 Å². The number of hydrogen-bond donors (Lipinski definition) is 1. The van der Waals surface area contributed by atoms with Crippen LogP contribution in [0.1, 0.15) is 35.5 Å². The summed E-state index contributed by atoms with van der Waals surface area (Å²) < 4.78 is 20.2. The van der Waals surface area contributed by atoms with Gasteiger partial charge in [-0.05, 0) is 43.8 Å². The van der Waals surface area contributed by atoms with E-state index in [2.05, 4.69) is 10.5 Å². The minimum Gasteiger partial charge on any atom is -0.351 e. The van der Waals surface area contributed by atoms with Crippen molar-refractivity contribution in [1.29, 1.82) is 0 Å². The molecule has 1 unspecified atom stereocenters. The summed E-state index contributed by atoms with van der Waals surface area (Å²) >= 11 is 5.71. The quantitative estimate of drug-likeness (QED) is 0.359. The van der Waals surface area contributed by atoms with Gasteiger partial charge in [-0.25, -0.2) is 4.39 Å². The molecule has 34 heavy (non-hydrogen) atoms. The first kappa shape index (κ1) is 22.0. The van der Waals surface area contributed by atoms with E-state index in [0.717, 1.165) is 28.0 Å². The normalized spacial score (nSPS) is 16.0. The molecule has 0 radical (unpaired) electrons. The molecule has 5 nitrogen and oxygen atoms in total. The highest BCUT2D eigenvalue weighted by molar-refractivity contribution is 7.80. The van der Waals surface area contributed by atoms with Gasteiger partial charge >= 0.3 is 0 Å². The van der Waals surface area contributed by atoms with Crippen LogP contribution in [0.2, 0.25) is 0 Å². The molecule has 1 aliphatic rings. The van der Waals surface area contributed by atoms with Crippen LogP contribution in [0.25, 0.3) is 17.0 Å². The second kappa shape index (κ2) is 9.19. The topological polar surface area (TPSA) is 54.2 Å². The maximum absolute atomic E-state index is 14.4. The zero-order valence-electron chi connectivity index (χ0n) is 18.8. The molecule has 2 heterocycles. The Kier molecular flexibility index (Phi) is 5.94. The van der Waals surface area contributed by atoms with E-state index in [0.29, 0.717) is 22.4 Å². The molecule has 1 atom stereocenters. The van der Waals surface area contributed by atoms with Gasteiger partial charge in [-0.3, -0.25) is 0 Å². The number of rotatable bonds is 5. The second-order valence-electron chi connectivity index (χ2n) is 8.26. The summed E-state index contributed by atoms with van der Waals surface area (Å²) in [6.07, 6.45) is 0. The fourth-order valence-electron chi connectivity index (χ4n) is 4.18. The SMILES string of the molecule is CC1=C(c2nc(-c3cccc(C)c3)no2)C(c2ccccc2)NC(=S)N1Cc1ccccc1F. The monoisotopic (exact) mass is 470 g/mol. The lowest BCUT2D eigenvalue weighted by Crippen LogP contribution is -2.45. The first-order chi connectivity index (χ1) is 16.5. The molecule has 7 heteroatoms. The van der Waals surface area contributed by atoms with Crippen molar-refractivity contribution >= 4 is 22.9 Å². The lowest BCUT2D eigenvalue weighted by molar-refractivity contribution is 0.395. The Bertz CT molecular complexity index is 1380.